The molecule has 0 saturated carbocycles. The van der Waals surface area contributed by atoms with Crippen LogP contribution >= 0.6 is 0 Å². The van der Waals surface area contributed by atoms with Crippen molar-refractivity contribution in [1.82, 2.24) is 9.97 Å². The molecule has 0 radical (unpaired) electrons. The average molecular weight is 228 g/mol. The zero-order valence-electron chi connectivity index (χ0n) is 9.64. The Morgan fingerprint density at radius 2 is 1.82 bits per heavy atom. The lowest BCUT2D eigenvalue weighted by Gasteiger charge is -2.05. The summed E-state index contributed by atoms with van der Waals surface area (Å²) in [5, 5.41) is 9.04. The molecule has 4 nitrogen and oxygen atoms in total. The third kappa shape index (κ3) is 2.30. The number of hydrogen-bond acceptors (Lipinski definition) is 3. The largest absolute Gasteiger partial charge is 0.478 e. The number of rotatable bonds is 2. The van der Waals surface area contributed by atoms with Crippen LogP contribution in [-0.4, -0.2) is 21.0 Å². The summed E-state index contributed by atoms with van der Waals surface area (Å²) in [7, 11) is 0. The number of pyridine rings is 2. The second-order valence-corrected chi connectivity index (χ2v) is 3.91. The molecular weight excluding hydrogens is 216 g/mol. The molecule has 0 aliphatic carbocycles. The van der Waals surface area contributed by atoms with Gasteiger partial charge in [-0.3, -0.25) is 9.97 Å². The topological polar surface area (TPSA) is 63.1 Å². The maximum atomic E-state index is 11.0. The van der Waals surface area contributed by atoms with E-state index in [4.69, 9.17) is 5.11 Å². The first-order chi connectivity index (χ1) is 8.08. The molecule has 2 aromatic rings. The van der Waals surface area contributed by atoms with Crippen molar-refractivity contribution >= 4 is 5.97 Å². The number of aryl methyl sites for hydroxylation is 2. The highest BCUT2D eigenvalue weighted by molar-refractivity contribution is 5.90. The fourth-order valence-corrected chi connectivity index (χ4v) is 1.62. The molecule has 0 aliphatic heterocycles. The molecule has 0 fully saturated rings. The standard InChI is InChI=1S/C13H12N2O2/c1-8-3-10(6-14-5-8)11-4-12(13(16)17)9(2)15-7-11/h3-7H,1-2H3,(H,16,17). The van der Waals surface area contributed by atoms with Crippen molar-refractivity contribution in [1.29, 1.82) is 0 Å². The molecule has 0 atom stereocenters. The van der Waals surface area contributed by atoms with Crippen LogP contribution in [0.25, 0.3) is 11.1 Å². The van der Waals surface area contributed by atoms with Gasteiger partial charge in [-0.1, -0.05) is 0 Å². The summed E-state index contributed by atoms with van der Waals surface area (Å²) < 4.78 is 0. The van der Waals surface area contributed by atoms with Gasteiger partial charge >= 0.3 is 5.97 Å². The lowest BCUT2D eigenvalue weighted by molar-refractivity contribution is 0.0695. The number of aromatic nitrogens is 2. The summed E-state index contributed by atoms with van der Waals surface area (Å²) in [6, 6.07) is 3.58. The Kier molecular flexibility index (Phi) is 2.87. The van der Waals surface area contributed by atoms with E-state index >= 15 is 0 Å². The van der Waals surface area contributed by atoms with Gasteiger partial charge < -0.3 is 5.11 Å². The fraction of sp³-hybridized carbons (Fsp3) is 0.154. The summed E-state index contributed by atoms with van der Waals surface area (Å²) in [4.78, 5) is 19.2. The predicted molar refractivity (Wildman–Crippen MR) is 63.9 cm³/mol. The minimum atomic E-state index is -0.961. The molecular formula is C13H12N2O2. The first kappa shape index (κ1) is 11.3. The van der Waals surface area contributed by atoms with Gasteiger partial charge in [0.25, 0.3) is 0 Å². The number of carboxylic acids is 1. The van der Waals surface area contributed by atoms with Gasteiger partial charge in [-0.05, 0) is 31.5 Å². The van der Waals surface area contributed by atoms with E-state index in [0.29, 0.717) is 5.69 Å². The van der Waals surface area contributed by atoms with E-state index in [1.165, 1.54) is 0 Å². The predicted octanol–water partition coefficient (Wildman–Crippen LogP) is 2.46. The maximum Gasteiger partial charge on any atom is 0.337 e. The van der Waals surface area contributed by atoms with Crippen LogP contribution in [0.3, 0.4) is 0 Å². The number of nitrogens with zero attached hydrogens (tertiary/aromatic N) is 2. The van der Waals surface area contributed by atoms with Gasteiger partial charge in [0, 0.05) is 29.7 Å². The molecule has 2 aromatic heterocycles. The molecule has 17 heavy (non-hydrogen) atoms. The molecule has 0 aliphatic rings. The van der Waals surface area contributed by atoms with E-state index < -0.39 is 5.97 Å². The van der Waals surface area contributed by atoms with Crippen molar-refractivity contribution < 1.29 is 9.90 Å². The zero-order valence-corrected chi connectivity index (χ0v) is 9.64. The molecule has 2 heterocycles. The van der Waals surface area contributed by atoms with Crippen molar-refractivity contribution in [3.63, 3.8) is 0 Å². The van der Waals surface area contributed by atoms with E-state index in [-0.39, 0.29) is 5.56 Å². The first-order valence-corrected chi connectivity index (χ1v) is 5.20. The van der Waals surface area contributed by atoms with Gasteiger partial charge in [0.1, 0.15) is 0 Å². The molecule has 0 saturated heterocycles. The maximum absolute atomic E-state index is 11.0. The van der Waals surface area contributed by atoms with Crippen molar-refractivity contribution in [2.24, 2.45) is 0 Å². The fourth-order valence-electron chi connectivity index (χ4n) is 1.62. The Hall–Kier alpha value is -2.23. The molecule has 0 bridgehead atoms. The average Bonchev–Trinajstić information content (AvgIpc) is 2.29. The molecule has 4 heteroatoms. The number of aromatic carboxylic acids is 1. The summed E-state index contributed by atoms with van der Waals surface area (Å²) in [6.45, 7) is 3.62. The summed E-state index contributed by atoms with van der Waals surface area (Å²) in [5.41, 5.74) is 3.41. The van der Waals surface area contributed by atoms with E-state index in [0.717, 1.165) is 16.7 Å². The third-order valence-electron chi connectivity index (χ3n) is 2.53. The Morgan fingerprint density at radius 1 is 1.12 bits per heavy atom. The monoisotopic (exact) mass is 228 g/mol. The number of carbonyl (C=O) groups is 1. The second kappa shape index (κ2) is 4.33. The Labute approximate surface area is 99.0 Å². The van der Waals surface area contributed by atoms with E-state index in [1.54, 1.807) is 31.6 Å². The molecule has 2 rings (SSSR count). The van der Waals surface area contributed by atoms with Crippen LogP contribution in [0.15, 0.2) is 30.7 Å². The van der Waals surface area contributed by atoms with Crippen LogP contribution in [0.5, 0.6) is 0 Å². The summed E-state index contributed by atoms with van der Waals surface area (Å²) >= 11 is 0. The van der Waals surface area contributed by atoms with Gasteiger partial charge in [0.15, 0.2) is 0 Å². The lowest BCUT2D eigenvalue weighted by atomic mass is 10.1. The second-order valence-electron chi connectivity index (χ2n) is 3.91. The van der Waals surface area contributed by atoms with Gasteiger partial charge in [-0.2, -0.15) is 0 Å². The van der Waals surface area contributed by atoms with Crippen molar-refractivity contribution in [3.05, 3.63) is 47.5 Å². The van der Waals surface area contributed by atoms with Crippen LogP contribution in [0.4, 0.5) is 0 Å². The molecule has 0 unspecified atom stereocenters. The highest BCUT2D eigenvalue weighted by Gasteiger charge is 2.10. The Bertz CT molecular complexity index is 579. The smallest absolute Gasteiger partial charge is 0.337 e. The molecule has 0 amide bonds. The molecule has 86 valence electrons. The minimum absolute atomic E-state index is 0.226. The molecule has 0 aromatic carbocycles. The van der Waals surface area contributed by atoms with Gasteiger partial charge in [-0.25, -0.2) is 4.79 Å². The van der Waals surface area contributed by atoms with Crippen LogP contribution < -0.4 is 0 Å². The van der Waals surface area contributed by atoms with Crippen molar-refractivity contribution in [3.8, 4) is 11.1 Å². The highest BCUT2D eigenvalue weighted by atomic mass is 16.4. The molecule has 0 spiro atoms. The Morgan fingerprint density at radius 3 is 2.47 bits per heavy atom. The normalized spacial score (nSPS) is 10.2. The molecule has 1 N–H and O–H groups in total. The first-order valence-electron chi connectivity index (χ1n) is 5.20. The van der Waals surface area contributed by atoms with Gasteiger partial charge in [0.2, 0.25) is 0 Å². The van der Waals surface area contributed by atoms with Crippen LogP contribution in [-0.2, 0) is 0 Å². The van der Waals surface area contributed by atoms with E-state index in [1.807, 2.05) is 13.0 Å². The van der Waals surface area contributed by atoms with Crippen LogP contribution in [0.1, 0.15) is 21.6 Å². The van der Waals surface area contributed by atoms with E-state index in [2.05, 4.69) is 9.97 Å². The number of hydrogen-bond donors (Lipinski definition) is 1. The van der Waals surface area contributed by atoms with Gasteiger partial charge in [0.05, 0.1) is 11.3 Å². The summed E-state index contributed by atoms with van der Waals surface area (Å²) in [5.74, 6) is -0.961. The van der Waals surface area contributed by atoms with E-state index in [9.17, 15) is 4.79 Å². The third-order valence-corrected chi connectivity index (χ3v) is 2.53. The quantitative estimate of drug-likeness (QED) is 0.857. The van der Waals surface area contributed by atoms with Gasteiger partial charge in [-0.15, -0.1) is 0 Å². The van der Waals surface area contributed by atoms with Crippen LogP contribution in [0, 0.1) is 13.8 Å². The van der Waals surface area contributed by atoms with Crippen molar-refractivity contribution in [2.75, 3.05) is 0 Å². The summed E-state index contributed by atoms with van der Waals surface area (Å²) in [6.07, 6.45) is 5.12. The number of carboxylic acid groups (broad SMARTS) is 1. The lowest BCUT2D eigenvalue weighted by Crippen LogP contribution is -2.02. The Balaban J connectivity index is 2.54. The van der Waals surface area contributed by atoms with Crippen LogP contribution in [0.2, 0.25) is 0 Å². The minimum Gasteiger partial charge on any atom is -0.478 e. The highest BCUT2D eigenvalue weighted by Crippen LogP contribution is 2.20. The SMILES string of the molecule is Cc1cncc(-c2cnc(C)c(C(=O)O)c2)c1. The zero-order chi connectivity index (χ0) is 12.4. The van der Waals surface area contributed by atoms with Crippen molar-refractivity contribution in [2.45, 2.75) is 13.8 Å².